The summed E-state index contributed by atoms with van der Waals surface area (Å²) < 4.78 is 43.5. The molecule has 0 spiro atoms. The first-order chi connectivity index (χ1) is 43.9. The fourth-order valence-corrected chi connectivity index (χ4v) is 7.23. The van der Waals surface area contributed by atoms with Crippen molar-refractivity contribution < 1.29 is 147 Å². The van der Waals surface area contributed by atoms with Crippen molar-refractivity contribution in [1.82, 2.24) is 47.4 Å². The highest BCUT2D eigenvalue weighted by atomic mass is 16.6. The summed E-state index contributed by atoms with van der Waals surface area (Å²) in [7, 11) is 0. The summed E-state index contributed by atoms with van der Waals surface area (Å²) in [5.74, 6) is -9.14. The summed E-state index contributed by atoms with van der Waals surface area (Å²) in [4.78, 5) is 135. The average molecular weight is 1330 g/mol. The Balaban J connectivity index is 2.08. The lowest BCUT2D eigenvalue weighted by Crippen LogP contribution is -2.53. The monoisotopic (exact) mass is 1330 g/mol. The number of aliphatic carboxylic acids is 1. The van der Waals surface area contributed by atoms with Gasteiger partial charge in [-0.25, -0.2) is 0 Å². The Morgan fingerprint density at radius 1 is 0.380 bits per heavy atom. The van der Waals surface area contributed by atoms with Gasteiger partial charge in [-0.3, -0.25) is 57.6 Å². The highest BCUT2D eigenvalue weighted by Crippen LogP contribution is 2.09. The minimum absolute atomic E-state index is 0.0918. The van der Waals surface area contributed by atoms with Crippen LogP contribution in [-0.2, 0) is 90.6 Å². The van der Waals surface area contributed by atoms with Gasteiger partial charge in [-0.05, 0) is 12.8 Å². The molecule has 0 fully saturated rings. The molecule has 0 bridgehead atoms. The molecule has 1 rings (SSSR count). The van der Waals surface area contributed by atoms with Crippen LogP contribution in [0, 0.1) is 0 Å². The van der Waals surface area contributed by atoms with E-state index in [4.69, 9.17) is 53.2 Å². The predicted molar refractivity (Wildman–Crippen MR) is 307 cm³/mol. The van der Waals surface area contributed by atoms with Gasteiger partial charge in [-0.15, -0.1) is 0 Å². The maximum absolute atomic E-state index is 13.0. The first kappa shape index (κ1) is 83.4. The zero-order valence-corrected chi connectivity index (χ0v) is 50.8. The van der Waals surface area contributed by atoms with E-state index in [2.05, 4.69) is 42.5 Å². The van der Waals surface area contributed by atoms with Gasteiger partial charge in [0, 0.05) is 51.0 Å². The Hall–Kier alpha value is -6.61. The molecule has 0 aromatic carbocycles. The lowest BCUT2D eigenvalue weighted by atomic mass is 10.0. The van der Waals surface area contributed by atoms with E-state index < -0.39 is 191 Å². The van der Waals surface area contributed by atoms with E-state index in [0.29, 0.717) is 51.1 Å². The maximum Gasteiger partial charge on any atom is 0.303 e. The highest BCUT2D eigenvalue weighted by Gasteiger charge is 2.33. The van der Waals surface area contributed by atoms with Crippen molar-refractivity contribution in [2.45, 2.75) is 93.0 Å². The highest BCUT2D eigenvalue weighted by molar-refractivity contribution is 6.14. The molecule has 92 heavy (non-hydrogen) atoms. The van der Waals surface area contributed by atoms with Crippen molar-refractivity contribution in [2.24, 2.45) is 0 Å². The van der Waals surface area contributed by atoms with Gasteiger partial charge in [0.15, 0.2) is 0 Å². The normalized spacial score (nSPS) is 15.4. The molecule has 0 unspecified atom stereocenters. The number of imide groups is 1. The first-order valence-corrected chi connectivity index (χ1v) is 29.2. The van der Waals surface area contributed by atoms with Crippen LogP contribution >= 0.6 is 0 Å². The van der Waals surface area contributed by atoms with E-state index in [-0.39, 0.29) is 85.3 Å². The molecule has 528 valence electrons. The molecule has 0 aromatic heterocycles. The Morgan fingerprint density at radius 2 is 0.728 bits per heavy atom. The van der Waals surface area contributed by atoms with E-state index in [1.165, 1.54) is 0 Å². The fourth-order valence-electron chi connectivity index (χ4n) is 7.23. The number of carboxylic acids is 1. The van der Waals surface area contributed by atoms with Crippen LogP contribution in [0.4, 0.5) is 0 Å². The van der Waals surface area contributed by atoms with E-state index in [9.17, 15) is 93.6 Å². The summed E-state index contributed by atoms with van der Waals surface area (Å²) in [6.07, 6.45) is -15.1. The number of amides is 10. The molecule has 0 radical (unpaired) electrons. The molecule has 1 aliphatic heterocycles. The number of hydrogen-bond donors (Lipinski definition) is 19. The molecule has 39 nitrogen and oxygen atoms in total. The number of nitrogens with one attached hydrogen (secondary N) is 8. The van der Waals surface area contributed by atoms with Gasteiger partial charge in [0.2, 0.25) is 47.3 Å². The second-order valence-corrected chi connectivity index (χ2v) is 19.7. The molecular formula is C53H91N9O30. The van der Waals surface area contributed by atoms with Gasteiger partial charge in [0.05, 0.1) is 151 Å². The van der Waals surface area contributed by atoms with Crippen molar-refractivity contribution in [1.29, 1.82) is 0 Å². The fraction of sp³-hybridized carbons (Fsp3) is 0.755. The number of nitrogens with zero attached hydrogens (tertiary/aromatic N) is 1. The van der Waals surface area contributed by atoms with Crippen molar-refractivity contribution in [2.75, 3.05) is 165 Å². The molecule has 1 aliphatic rings. The van der Waals surface area contributed by atoms with Crippen LogP contribution in [0.25, 0.3) is 0 Å². The summed E-state index contributed by atoms with van der Waals surface area (Å²) in [5, 5.41) is 124. The number of hydrogen-bond acceptors (Lipinski definition) is 29. The van der Waals surface area contributed by atoms with Crippen molar-refractivity contribution >= 4 is 65.0 Å². The zero-order valence-electron chi connectivity index (χ0n) is 50.8. The van der Waals surface area contributed by atoms with E-state index in [1.54, 1.807) is 0 Å². The number of carbonyl (C=O) groups is 11. The van der Waals surface area contributed by atoms with Crippen LogP contribution < -0.4 is 42.5 Å². The summed E-state index contributed by atoms with van der Waals surface area (Å²) in [6.45, 7) is -1.67. The van der Waals surface area contributed by atoms with Crippen LogP contribution in [0.2, 0.25) is 0 Å². The maximum atomic E-state index is 13.0. The first-order valence-electron chi connectivity index (χ1n) is 29.2. The molecule has 19 N–H and O–H groups in total. The molecule has 1 heterocycles. The zero-order chi connectivity index (χ0) is 68.6. The number of carboxylic acid groups (broad SMARTS) is 1. The minimum atomic E-state index is -2.00. The SMILES string of the molecule is O=C(O)CC[C@H](NC(=O)CN1C(=O)C=CC1=O)C(=O)NCC(=O)NCC(=O)NCC(=O)NCCOCCOCCOCCOCCOCCOCCOCCOCCC(=O)N[C@@H](CCC(=O)NC[C@H](O)[C@@H](O)[C@H](O)[C@H](O)CO)C(=O)NC[C@H](O)[C@@H](O)[C@H](O)[C@H](O)CO. The number of aliphatic hydroxyl groups is 10. The number of rotatable bonds is 57. The Morgan fingerprint density at radius 3 is 1.15 bits per heavy atom. The standard InChI is InChI=1S/C53H91N9O30/c63-31-37(67)50(81)48(79)35(65)25-55-39(69)3-1-33(52(83)58-26-36(66)49(80)51(82)38(68)32-64)60-40(70)7-9-85-11-13-87-15-17-89-19-21-91-23-24-92-22-20-90-18-16-88-14-12-86-10-8-54-41(71)27-56-42(72)28-57-43(73)29-59-53(84)34(2-6-47(77)78)61-44(74)30-62-45(75)4-5-46(62)76/h4-5,33-38,48-51,63-68,79-82H,1-3,6-32H2,(H,54,71)(H,55,69)(H,56,72)(H,57,73)(H,58,83)(H,59,84)(H,60,70)(H,61,74)(H,77,78)/t33-,34-,35-,36-,37+,38+,48+,49+,50+,51+/m0/s1. The van der Waals surface area contributed by atoms with Gasteiger partial charge >= 0.3 is 5.97 Å². The second-order valence-electron chi connectivity index (χ2n) is 19.7. The molecule has 0 aliphatic carbocycles. The Kier molecular flexibility index (Phi) is 46.1. The third-order valence-corrected chi connectivity index (χ3v) is 12.4. The average Bonchev–Trinajstić information content (AvgIpc) is 1.80. The van der Waals surface area contributed by atoms with E-state index >= 15 is 0 Å². The lowest BCUT2D eigenvalue weighted by Gasteiger charge is -2.26. The molecule has 0 saturated carbocycles. The quantitative estimate of drug-likeness (QED) is 0.0199. The van der Waals surface area contributed by atoms with Crippen molar-refractivity contribution in [3.63, 3.8) is 0 Å². The van der Waals surface area contributed by atoms with Crippen LogP contribution in [-0.4, -0.2) is 352 Å². The summed E-state index contributed by atoms with van der Waals surface area (Å²) >= 11 is 0. The molecule has 39 heteroatoms. The summed E-state index contributed by atoms with van der Waals surface area (Å²) in [6, 6.07) is -2.85. The third-order valence-electron chi connectivity index (χ3n) is 12.4. The third kappa shape index (κ3) is 39.7. The largest absolute Gasteiger partial charge is 0.481 e. The molecule has 0 aromatic rings. The topological polar surface area (TPSA) is 584 Å². The van der Waals surface area contributed by atoms with Crippen molar-refractivity contribution in [3.05, 3.63) is 12.2 Å². The van der Waals surface area contributed by atoms with Crippen LogP contribution in [0.1, 0.15) is 32.1 Å². The summed E-state index contributed by atoms with van der Waals surface area (Å²) in [5.41, 5.74) is 0. The molecular weight excluding hydrogens is 1240 g/mol. The predicted octanol–water partition coefficient (Wildman–Crippen LogP) is -12.4. The number of aliphatic hydroxyl groups excluding tert-OH is 10. The van der Waals surface area contributed by atoms with Crippen LogP contribution in [0.15, 0.2) is 12.2 Å². The minimum Gasteiger partial charge on any atom is -0.481 e. The van der Waals surface area contributed by atoms with Gasteiger partial charge in [0.1, 0.15) is 55.3 Å². The molecule has 10 amide bonds. The van der Waals surface area contributed by atoms with Crippen LogP contribution in [0.3, 0.4) is 0 Å². The van der Waals surface area contributed by atoms with Crippen LogP contribution in [0.5, 0.6) is 0 Å². The van der Waals surface area contributed by atoms with Gasteiger partial charge < -0.3 is 137 Å². The van der Waals surface area contributed by atoms with E-state index in [1.807, 2.05) is 0 Å². The smallest absolute Gasteiger partial charge is 0.303 e. The lowest BCUT2D eigenvalue weighted by molar-refractivity contribution is -0.141. The Bertz CT molecular complexity index is 2220. The van der Waals surface area contributed by atoms with Gasteiger partial charge in [-0.2, -0.15) is 0 Å². The second kappa shape index (κ2) is 50.9. The van der Waals surface area contributed by atoms with E-state index in [0.717, 1.165) is 12.2 Å². The number of carbonyl (C=O) groups excluding carboxylic acids is 10. The number of ether oxygens (including phenoxy) is 8. The molecule has 0 saturated heterocycles. The Labute approximate surface area is 528 Å². The van der Waals surface area contributed by atoms with Crippen molar-refractivity contribution in [3.8, 4) is 0 Å². The molecule has 10 atom stereocenters. The van der Waals surface area contributed by atoms with Gasteiger partial charge in [0.25, 0.3) is 11.8 Å². The van der Waals surface area contributed by atoms with Gasteiger partial charge in [-0.1, -0.05) is 0 Å².